The molecule has 298 valence electrons. The third-order valence-corrected chi connectivity index (χ3v) is 30.5. The van der Waals surface area contributed by atoms with Crippen LogP contribution in [0.15, 0.2) is 60.7 Å². The summed E-state index contributed by atoms with van der Waals surface area (Å²) in [5, 5.41) is 5.02. The molecule has 0 N–H and O–H groups in total. The van der Waals surface area contributed by atoms with Crippen LogP contribution in [0.2, 0.25) is 72.5 Å². The molecule has 0 aromatic heterocycles. The van der Waals surface area contributed by atoms with Gasteiger partial charge in [-0.2, -0.15) is 24.3 Å². The van der Waals surface area contributed by atoms with Crippen LogP contribution in [0, 0.1) is 0 Å². The second-order valence-corrected chi connectivity index (χ2v) is 35.7. The van der Waals surface area contributed by atoms with Crippen molar-refractivity contribution in [2.24, 2.45) is 0 Å². The first-order valence-electron chi connectivity index (χ1n) is 20.5. The molecule has 0 aliphatic rings. The van der Waals surface area contributed by atoms with Gasteiger partial charge in [0.15, 0.2) is 0 Å². The molecule has 0 spiro atoms. The van der Waals surface area contributed by atoms with E-state index in [1.54, 1.807) is 0 Å². The van der Waals surface area contributed by atoms with E-state index in [1.165, 1.54) is 21.5 Å². The van der Waals surface area contributed by atoms with E-state index >= 15 is 0 Å². The Labute approximate surface area is 344 Å². The SMILES string of the molecule is CC[Si](CC)(CC)Oc1cc2cc[cH-]c2cc1O[Si](CC)(CC)CC.CC[Si](CC)(CC)Oc1cc2cc[cH-]c2cc1O[Si](CC)(CC)CC.[Cl][Ti][Cl]. The van der Waals surface area contributed by atoms with Gasteiger partial charge in [-0.25, -0.2) is 0 Å². The molecule has 0 unspecified atom stereocenters. The van der Waals surface area contributed by atoms with Crippen molar-refractivity contribution in [3.8, 4) is 23.0 Å². The Morgan fingerprint density at radius 2 is 0.623 bits per heavy atom. The standard InChI is InChI=1S/2C21H35O2Si2.2ClH.Ti/c2*1-7-24(8-2,9-3)22-20-16-18-14-13-15-19(18)17-21(20)23-25(10-4,11-5)12-6;;;/h2*13-17H,7-12H2,1-6H3;2*1H;/q2*-1;;;+2/p-2. The summed E-state index contributed by atoms with van der Waals surface area (Å²) in [7, 11) is 2.87. The molecule has 0 aliphatic carbocycles. The Bertz CT molecular complexity index is 1350. The van der Waals surface area contributed by atoms with Crippen molar-refractivity contribution < 1.29 is 34.7 Å². The van der Waals surface area contributed by atoms with Crippen molar-refractivity contribution in [1.82, 2.24) is 0 Å². The number of hydrogen-bond donors (Lipinski definition) is 0. The van der Waals surface area contributed by atoms with Crippen LogP contribution in [-0.4, -0.2) is 33.3 Å². The van der Waals surface area contributed by atoms with Gasteiger partial charge in [0.25, 0.3) is 16.6 Å². The van der Waals surface area contributed by atoms with E-state index < -0.39 is 50.3 Å². The van der Waals surface area contributed by atoms with Gasteiger partial charge in [0.1, 0.15) is 23.0 Å². The first-order valence-corrected chi connectivity index (χ1v) is 35.0. The van der Waals surface area contributed by atoms with Crippen molar-refractivity contribution in [3.63, 3.8) is 0 Å². The third-order valence-electron chi connectivity index (χ3n) is 12.4. The van der Waals surface area contributed by atoms with Crippen molar-refractivity contribution >= 4 is 73.4 Å². The molecule has 53 heavy (non-hydrogen) atoms. The second-order valence-electron chi connectivity index (χ2n) is 14.4. The Kier molecular flexibility index (Phi) is 21.2. The Morgan fingerprint density at radius 3 is 0.830 bits per heavy atom. The zero-order chi connectivity index (χ0) is 39.7. The van der Waals surface area contributed by atoms with E-state index in [-0.39, 0.29) is 0 Å². The van der Waals surface area contributed by atoms with Gasteiger partial charge in [0.05, 0.1) is 0 Å². The predicted octanol–water partition coefficient (Wildman–Crippen LogP) is 16.0. The van der Waals surface area contributed by atoms with Gasteiger partial charge in [0, 0.05) is 0 Å². The molecular formula is C42H70Cl2O4Si4Ti-2. The van der Waals surface area contributed by atoms with Gasteiger partial charge in [0.2, 0.25) is 16.6 Å². The van der Waals surface area contributed by atoms with Gasteiger partial charge in [-0.1, -0.05) is 107 Å². The molecule has 0 heterocycles. The minimum absolute atomic E-state index is 0.556. The molecule has 0 saturated heterocycles. The minimum atomic E-state index is -1.73. The first-order chi connectivity index (χ1) is 25.4. The monoisotopic (exact) mass is 868 g/mol. The number of rotatable bonds is 20. The zero-order valence-electron chi connectivity index (χ0n) is 35.1. The molecule has 0 fully saturated rings. The van der Waals surface area contributed by atoms with E-state index in [1.807, 2.05) is 0 Å². The molecular weight excluding hydrogens is 800 g/mol. The van der Waals surface area contributed by atoms with E-state index in [2.05, 4.69) is 144 Å². The predicted molar refractivity (Wildman–Crippen MR) is 242 cm³/mol. The number of benzene rings is 2. The van der Waals surface area contributed by atoms with Gasteiger partial charge < -0.3 is 17.7 Å². The van der Waals surface area contributed by atoms with Crippen LogP contribution in [0.5, 0.6) is 23.0 Å². The summed E-state index contributed by atoms with van der Waals surface area (Å²) in [6.07, 6.45) is 0. The quantitative estimate of drug-likeness (QED) is 0.0655. The summed E-state index contributed by atoms with van der Waals surface area (Å²) in [6, 6.07) is 35.6. The molecule has 4 rings (SSSR count). The Balaban J connectivity index is 0.000000341. The molecule has 0 aliphatic heterocycles. The van der Waals surface area contributed by atoms with E-state index in [9.17, 15) is 0 Å². The van der Waals surface area contributed by atoms with Crippen LogP contribution in [0.25, 0.3) is 21.5 Å². The first kappa shape index (κ1) is 48.2. The van der Waals surface area contributed by atoms with Crippen LogP contribution in [-0.2, 0) is 17.0 Å². The van der Waals surface area contributed by atoms with E-state index in [0.29, 0.717) is 0 Å². The van der Waals surface area contributed by atoms with Gasteiger partial charge in [-0.3, -0.25) is 0 Å². The molecule has 0 radical (unpaired) electrons. The summed E-state index contributed by atoms with van der Waals surface area (Å²) in [6.45, 7) is 27.4. The molecule has 0 saturated carbocycles. The van der Waals surface area contributed by atoms with Crippen LogP contribution in [0.1, 0.15) is 83.1 Å². The normalized spacial score (nSPS) is 12.1. The van der Waals surface area contributed by atoms with Crippen molar-refractivity contribution in [3.05, 3.63) is 60.7 Å². The molecule has 0 bridgehead atoms. The molecule has 4 aromatic carbocycles. The van der Waals surface area contributed by atoms with Crippen LogP contribution < -0.4 is 17.7 Å². The summed E-state index contributed by atoms with van der Waals surface area (Å²) in [5.74, 6) is 3.96. The maximum absolute atomic E-state index is 6.77. The Morgan fingerprint density at radius 1 is 0.415 bits per heavy atom. The van der Waals surface area contributed by atoms with Crippen molar-refractivity contribution in [2.45, 2.75) is 156 Å². The van der Waals surface area contributed by atoms with E-state index in [4.69, 9.17) is 36.3 Å². The van der Waals surface area contributed by atoms with Crippen molar-refractivity contribution in [2.75, 3.05) is 0 Å². The number of fused-ring (bicyclic) bond motifs is 2. The fraction of sp³-hybridized carbons (Fsp3) is 0.571. The van der Waals surface area contributed by atoms with Crippen LogP contribution >= 0.6 is 18.6 Å². The molecule has 0 atom stereocenters. The Hall–Kier alpha value is -0.978. The van der Waals surface area contributed by atoms with Crippen LogP contribution in [0.3, 0.4) is 0 Å². The summed E-state index contributed by atoms with van der Waals surface area (Å²) >= 11 is -0.556. The molecule has 4 aromatic rings. The average molecular weight is 870 g/mol. The summed E-state index contributed by atoms with van der Waals surface area (Å²) in [5.41, 5.74) is 0. The average Bonchev–Trinajstić information content (AvgIpc) is 3.86. The second kappa shape index (κ2) is 23.3. The number of hydrogen-bond acceptors (Lipinski definition) is 4. The molecule has 4 nitrogen and oxygen atoms in total. The van der Waals surface area contributed by atoms with Gasteiger partial charge >= 0.3 is 35.6 Å². The topological polar surface area (TPSA) is 36.9 Å². The zero-order valence-corrected chi connectivity index (χ0v) is 42.2. The third kappa shape index (κ3) is 12.5. The van der Waals surface area contributed by atoms with Crippen molar-refractivity contribution in [1.29, 1.82) is 0 Å². The number of halogens is 2. The maximum atomic E-state index is 6.77. The van der Waals surface area contributed by atoms with Gasteiger partial charge in [-0.05, 0) is 72.5 Å². The fourth-order valence-corrected chi connectivity index (χ4v) is 17.6. The summed E-state index contributed by atoms with van der Waals surface area (Å²) < 4.78 is 27.1. The fourth-order valence-electron chi connectivity index (χ4n) is 7.39. The van der Waals surface area contributed by atoms with Gasteiger partial charge in [-0.15, -0.1) is 33.7 Å². The van der Waals surface area contributed by atoms with E-state index in [0.717, 1.165) is 95.5 Å². The summed E-state index contributed by atoms with van der Waals surface area (Å²) in [4.78, 5) is 0. The van der Waals surface area contributed by atoms with Crippen LogP contribution in [0.4, 0.5) is 0 Å². The molecule has 0 amide bonds. The molecule has 11 heteroatoms.